The first-order valence-electron chi connectivity index (χ1n) is 3.83. The van der Waals surface area contributed by atoms with Gasteiger partial charge in [0.2, 0.25) is 0 Å². The van der Waals surface area contributed by atoms with Crippen molar-refractivity contribution in [3.63, 3.8) is 0 Å². The van der Waals surface area contributed by atoms with Gasteiger partial charge in [-0.15, -0.1) is 0 Å². The zero-order valence-corrected chi connectivity index (χ0v) is 13.9. The topological polar surface area (TPSA) is 463 Å². The summed E-state index contributed by atoms with van der Waals surface area (Å²) in [6.07, 6.45) is 0. The first-order chi connectivity index (χ1) is 12.1. The smallest absolute Gasteiger partial charge is 0.356 e. The maximum absolute atomic E-state index is 8.25. The molecule has 0 spiro atoms. The summed E-state index contributed by atoms with van der Waals surface area (Å²) in [6, 6.07) is 0. The van der Waals surface area contributed by atoms with Crippen LogP contribution in [-0.4, -0.2) is 53.0 Å². The van der Waals surface area contributed by atoms with Gasteiger partial charge in [0, 0.05) is 0 Å². The summed E-state index contributed by atoms with van der Waals surface area (Å²) in [5, 5.41) is 103. The maximum Gasteiger partial charge on any atom is 4.00 e. The van der Waals surface area contributed by atoms with E-state index < -0.39 is 35.6 Å². The Bertz CT molecular complexity index is 314. The quantitative estimate of drug-likeness (QED) is 0.209. The Labute approximate surface area is 168 Å². The normalized spacial score (nSPS) is 5.60. The standard InChI is InChI=1S/C.Al.7NO3/c;;7*2-1(3)4/q+4;+3;7*-1. The maximum atomic E-state index is 8.25. The van der Waals surface area contributed by atoms with Gasteiger partial charge in [0.05, 0.1) is 35.6 Å². The molecule has 0 radical (unpaired) electrons. The van der Waals surface area contributed by atoms with Crippen LogP contribution in [0.15, 0.2) is 0 Å². The van der Waals surface area contributed by atoms with E-state index in [1.807, 2.05) is 0 Å². The number of nitrogens with zero attached hydrogens (tertiary/aromatic N) is 7. The van der Waals surface area contributed by atoms with Crippen molar-refractivity contribution in [2.45, 2.75) is 0 Å². The Morgan fingerprint density at radius 2 is 0.267 bits per heavy atom. The number of hydrogen-bond acceptors (Lipinski definition) is 21. The summed E-state index contributed by atoms with van der Waals surface area (Å²) >= 11 is 0. The third-order valence-electron chi connectivity index (χ3n) is 0. The molecule has 0 aliphatic rings. The Balaban J connectivity index is -0.0000000242. The third-order valence-corrected chi connectivity index (χ3v) is 0. The van der Waals surface area contributed by atoms with Crippen LogP contribution in [0.25, 0.3) is 0 Å². The van der Waals surface area contributed by atoms with Crippen LogP contribution in [0.3, 0.4) is 0 Å². The van der Waals surface area contributed by atoms with Gasteiger partial charge in [-0.2, -0.15) is 0 Å². The number of rotatable bonds is 0. The molecule has 0 atom stereocenters. The summed E-state index contributed by atoms with van der Waals surface area (Å²) in [5.41, 5.74) is 0. The van der Waals surface area contributed by atoms with E-state index in [1.54, 1.807) is 0 Å². The van der Waals surface area contributed by atoms with Crippen molar-refractivity contribution in [2.75, 3.05) is 0 Å². The van der Waals surface area contributed by atoms with Gasteiger partial charge in [0.1, 0.15) is 0 Å². The second-order valence-corrected chi connectivity index (χ2v) is 1.57. The molecule has 30 heavy (non-hydrogen) atoms. The predicted octanol–water partition coefficient (Wildman–Crippen LogP) is -1.97. The van der Waals surface area contributed by atoms with Crippen LogP contribution in [0.1, 0.15) is 0 Å². The van der Waals surface area contributed by atoms with Crippen LogP contribution in [0.2, 0.25) is 0 Å². The van der Waals surface area contributed by atoms with Crippen LogP contribution in [-0.2, 0) is 0 Å². The average Bonchev–Trinajstić information content (AvgIpc) is 2.20. The summed E-state index contributed by atoms with van der Waals surface area (Å²) in [4.78, 5) is 57.8. The molecule has 0 saturated carbocycles. The van der Waals surface area contributed by atoms with Crippen LogP contribution in [0.4, 0.5) is 0 Å². The Morgan fingerprint density at radius 1 is 0.267 bits per heavy atom. The molecule has 0 aromatic rings. The first kappa shape index (κ1) is 56.3. The van der Waals surface area contributed by atoms with E-state index in [1.165, 1.54) is 0 Å². The fourth-order valence-corrected chi connectivity index (χ4v) is 0. The average molecular weight is 473 g/mol. The minimum Gasteiger partial charge on any atom is -0.356 e. The molecule has 0 unspecified atom stereocenters. The molecule has 0 N–H and O–H groups in total. The molecular formula is CAlN7O21. The molecular weight excluding hydrogens is 473 g/mol. The van der Waals surface area contributed by atoms with E-state index in [0.29, 0.717) is 0 Å². The Morgan fingerprint density at radius 3 is 0.267 bits per heavy atom. The van der Waals surface area contributed by atoms with Crippen molar-refractivity contribution in [1.82, 2.24) is 0 Å². The zero-order valence-electron chi connectivity index (χ0n) is 12.8. The third kappa shape index (κ3) is 430. The molecule has 0 aromatic heterocycles. The second-order valence-electron chi connectivity index (χ2n) is 1.57. The van der Waals surface area contributed by atoms with E-state index in [0.717, 1.165) is 0 Å². The van der Waals surface area contributed by atoms with Gasteiger partial charge in [-0.1, -0.05) is 0 Å². The molecule has 0 amide bonds. The fraction of sp³-hybridized carbons (Fsp3) is 0. The van der Waals surface area contributed by atoms with Crippen LogP contribution < -0.4 is 0 Å². The molecule has 0 bridgehead atoms. The number of hydrogen-bond donors (Lipinski definition) is 0. The van der Waals surface area contributed by atoms with E-state index in [9.17, 15) is 0 Å². The van der Waals surface area contributed by atoms with Gasteiger partial charge >= 0.3 is 24.8 Å². The summed E-state index contributed by atoms with van der Waals surface area (Å²) in [6.45, 7) is 0. The molecule has 29 heteroatoms. The minimum atomic E-state index is -1.75. The van der Waals surface area contributed by atoms with Crippen molar-refractivity contribution in [2.24, 2.45) is 0 Å². The van der Waals surface area contributed by atoms with Gasteiger partial charge < -0.3 is 107 Å². The summed E-state index contributed by atoms with van der Waals surface area (Å²) in [5.74, 6) is 0. The SMILES string of the molecule is O=[N+]([O-])[O-].O=[N+]([O-])[O-].O=[N+]([O-])[O-].O=[N+]([O-])[O-].O=[N+]([O-])[O-].O=[N+]([O-])[O-].O=[N+]([O-])[O-].[Al+3].[C+4]. The summed E-state index contributed by atoms with van der Waals surface area (Å²) in [7, 11) is 0. The first-order valence-corrected chi connectivity index (χ1v) is 3.83. The van der Waals surface area contributed by atoms with Crippen LogP contribution in [0.5, 0.6) is 0 Å². The van der Waals surface area contributed by atoms with Gasteiger partial charge in [0.25, 0.3) is 0 Å². The van der Waals surface area contributed by atoms with E-state index in [4.69, 9.17) is 107 Å². The second kappa shape index (κ2) is 49.6. The van der Waals surface area contributed by atoms with Crippen LogP contribution >= 0.6 is 0 Å². The van der Waals surface area contributed by atoms with E-state index in [2.05, 4.69) is 0 Å². The zero-order chi connectivity index (χ0) is 25.0. The van der Waals surface area contributed by atoms with E-state index >= 15 is 0 Å². The van der Waals surface area contributed by atoms with Gasteiger partial charge in [-0.25, -0.2) is 0 Å². The van der Waals surface area contributed by atoms with Crippen LogP contribution in [0, 0.1) is 115 Å². The molecule has 168 valence electrons. The molecule has 0 rings (SSSR count). The van der Waals surface area contributed by atoms with Crippen molar-refractivity contribution in [3.05, 3.63) is 115 Å². The Hall–Kier alpha value is -5.07. The van der Waals surface area contributed by atoms with Crippen molar-refractivity contribution >= 4 is 17.4 Å². The van der Waals surface area contributed by atoms with Crippen molar-refractivity contribution in [1.29, 1.82) is 0 Å². The fourth-order valence-electron chi connectivity index (χ4n) is 0. The molecule has 0 aliphatic heterocycles. The molecule has 0 heterocycles. The molecule has 0 aromatic carbocycles. The summed E-state index contributed by atoms with van der Waals surface area (Å²) < 4.78 is 0. The van der Waals surface area contributed by atoms with Gasteiger partial charge in [-0.05, 0) is 0 Å². The largest absolute Gasteiger partial charge is 4.00 e. The molecule has 0 fully saturated rings. The van der Waals surface area contributed by atoms with Gasteiger partial charge in [0.15, 0.2) is 0 Å². The van der Waals surface area contributed by atoms with Crippen molar-refractivity contribution in [3.8, 4) is 0 Å². The Kier molecular flexibility index (Phi) is 93.0. The van der Waals surface area contributed by atoms with Crippen molar-refractivity contribution < 1.29 is 35.6 Å². The minimum absolute atomic E-state index is 0. The molecule has 28 nitrogen and oxygen atoms in total. The van der Waals surface area contributed by atoms with E-state index in [-0.39, 0.29) is 24.8 Å². The van der Waals surface area contributed by atoms with Gasteiger partial charge in [-0.3, -0.25) is 0 Å². The molecule has 0 aliphatic carbocycles. The predicted molar refractivity (Wildman–Crippen MR) is 81.5 cm³/mol. The molecule has 0 saturated heterocycles. The monoisotopic (exact) mass is 473 g/mol.